The molecular weight excluding hydrogens is 270 g/mol. The van der Waals surface area contributed by atoms with Crippen molar-refractivity contribution in [3.63, 3.8) is 0 Å². The largest absolute Gasteiger partial charge is 0.399 e. The Kier molecular flexibility index (Phi) is 3.05. The minimum Gasteiger partial charge on any atom is -0.399 e. The summed E-state index contributed by atoms with van der Waals surface area (Å²) in [4.78, 5) is 0.369. The van der Waals surface area contributed by atoms with Crippen molar-refractivity contribution in [1.82, 2.24) is 0 Å². The van der Waals surface area contributed by atoms with E-state index >= 15 is 0 Å². The number of benzene rings is 2. The molecule has 0 amide bonds. The molecule has 0 spiro atoms. The topological polar surface area (TPSA) is 60.2 Å². The summed E-state index contributed by atoms with van der Waals surface area (Å²) in [6.07, 6.45) is 0.851. The number of hydrogen-bond donors (Lipinski definition) is 1. The first-order valence-corrected chi connectivity index (χ1v) is 8.29. The predicted octanol–water partition coefficient (Wildman–Crippen LogP) is 2.69. The Hall–Kier alpha value is -1.81. The minimum atomic E-state index is -3.26. The molecule has 20 heavy (non-hydrogen) atoms. The third kappa shape index (κ3) is 2.20. The van der Waals surface area contributed by atoms with Crippen LogP contribution in [0, 0.1) is 6.92 Å². The summed E-state index contributed by atoms with van der Waals surface area (Å²) in [6.45, 7) is 1.83. The summed E-state index contributed by atoms with van der Waals surface area (Å²) in [7, 11) is -3.26. The maximum Gasteiger partial charge on any atom is 0.179 e. The summed E-state index contributed by atoms with van der Waals surface area (Å²) in [5, 5.41) is 0. The quantitative estimate of drug-likeness (QED) is 0.883. The Morgan fingerprint density at radius 2 is 1.95 bits per heavy atom. The molecule has 0 radical (unpaired) electrons. The smallest absolute Gasteiger partial charge is 0.179 e. The lowest BCUT2D eigenvalue weighted by molar-refractivity contribution is 0.577. The molecular formula is C16H17NO2S. The third-order valence-corrected chi connectivity index (χ3v) is 5.80. The van der Waals surface area contributed by atoms with Gasteiger partial charge in [-0.1, -0.05) is 24.3 Å². The molecule has 1 aliphatic rings. The number of hydrogen-bond acceptors (Lipinski definition) is 3. The van der Waals surface area contributed by atoms with Crippen LogP contribution in [-0.4, -0.2) is 14.2 Å². The van der Waals surface area contributed by atoms with Crippen LogP contribution in [0.25, 0.3) is 0 Å². The van der Waals surface area contributed by atoms with Crippen LogP contribution >= 0.6 is 0 Å². The molecule has 4 heteroatoms. The van der Waals surface area contributed by atoms with Crippen molar-refractivity contribution in [3.05, 3.63) is 59.2 Å². The van der Waals surface area contributed by atoms with Gasteiger partial charge in [0.25, 0.3) is 0 Å². The highest BCUT2D eigenvalue weighted by Gasteiger charge is 2.30. The van der Waals surface area contributed by atoms with Gasteiger partial charge in [-0.3, -0.25) is 0 Å². The molecule has 3 nitrogen and oxygen atoms in total. The average Bonchev–Trinajstić information content (AvgIpc) is 2.39. The maximum absolute atomic E-state index is 12.5. The Balaban J connectivity index is 1.86. The van der Waals surface area contributed by atoms with Gasteiger partial charge in [-0.2, -0.15) is 0 Å². The van der Waals surface area contributed by atoms with E-state index in [1.54, 1.807) is 18.2 Å². The van der Waals surface area contributed by atoms with Gasteiger partial charge in [-0.15, -0.1) is 0 Å². The number of rotatable bonds is 3. The highest BCUT2D eigenvalue weighted by molar-refractivity contribution is 7.91. The first kappa shape index (κ1) is 13.2. The van der Waals surface area contributed by atoms with E-state index < -0.39 is 9.84 Å². The van der Waals surface area contributed by atoms with Crippen molar-refractivity contribution >= 4 is 15.5 Å². The lowest BCUT2D eigenvalue weighted by Gasteiger charge is -2.29. The van der Waals surface area contributed by atoms with Crippen LogP contribution in [-0.2, 0) is 16.3 Å². The van der Waals surface area contributed by atoms with Gasteiger partial charge in [-0.25, -0.2) is 8.42 Å². The van der Waals surface area contributed by atoms with Crippen LogP contribution in [0.1, 0.15) is 22.6 Å². The number of nitrogen functional groups attached to an aromatic ring is 1. The first-order valence-electron chi connectivity index (χ1n) is 6.64. The molecule has 0 bridgehead atoms. The van der Waals surface area contributed by atoms with Crippen molar-refractivity contribution in [2.24, 2.45) is 0 Å². The molecule has 1 aliphatic carbocycles. The van der Waals surface area contributed by atoms with Gasteiger partial charge >= 0.3 is 0 Å². The standard InChI is InChI=1S/C16H17NO2S/c1-11-8-14(6-7-16(11)17)20(18,19)10-13-9-12-4-2-3-5-15(12)13/h2-8,13H,9-10,17H2,1H3. The highest BCUT2D eigenvalue weighted by atomic mass is 32.2. The second kappa shape index (κ2) is 4.63. The first-order chi connectivity index (χ1) is 9.47. The van der Waals surface area contributed by atoms with E-state index in [1.165, 1.54) is 11.1 Å². The molecule has 2 aromatic carbocycles. The van der Waals surface area contributed by atoms with E-state index in [1.807, 2.05) is 25.1 Å². The molecule has 0 saturated heterocycles. The zero-order valence-corrected chi connectivity index (χ0v) is 12.2. The second-order valence-electron chi connectivity index (χ2n) is 5.40. The molecule has 1 atom stereocenters. The van der Waals surface area contributed by atoms with Crippen LogP contribution in [0.5, 0.6) is 0 Å². The van der Waals surface area contributed by atoms with E-state index in [0.29, 0.717) is 10.6 Å². The number of sulfone groups is 1. The Morgan fingerprint density at radius 1 is 1.20 bits per heavy atom. The Labute approximate surface area is 119 Å². The number of nitrogens with two attached hydrogens (primary N) is 1. The maximum atomic E-state index is 12.5. The van der Waals surface area contributed by atoms with Crippen LogP contribution < -0.4 is 5.73 Å². The minimum absolute atomic E-state index is 0.119. The second-order valence-corrected chi connectivity index (χ2v) is 7.43. The zero-order chi connectivity index (χ0) is 14.3. The fourth-order valence-electron chi connectivity index (χ4n) is 2.71. The summed E-state index contributed by atoms with van der Waals surface area (Å²) in [6, 6.07) is 13.0. The van der Waals surface area contributed by atoms with E-state index in [9.17, 15) is 8.42 Å². The summed E-state index contributed by atoms with van der Waals surface area (Å²) >= 11 is 0. The van der Waals surface area contributed by atoms with Crippen LogP contribution in [0.15, 0.2) is 47.4 Å². The lowest BCUT2D eigenvalue weighted by atomic mass is 9.79. The van der Waals surface area contributed by atoms with Crippen molar-refractivity contribution in [3.8, 4) is 0 Å². The molecule has 0 aliphatic heterocycles. The van der Waals surface area contributed by atoms with Crippen molar-refractivity contribution in [2.45, 2.75) is 24.2 Å². The van der Waals surface area contributed by atoms with Crippen molar-refractivity contribution < 1.29 is 8.42 Å². The molecule has 3 rings (SSSR count). The van der Waals surface area contributed by atoms with E-state index in [2.05, 4.69) is 6.07 Å². The molecule has 0 saturated carbocycles. The third-order valence-electron chi connectivity index (χ3n) is 3.98. The monoisotopic (exact) mass is 287 g/mol. The predicted molar refractivity (Wildman–Crippen MR) is 80.5 cm³/mol. The van der Waals surface area contributed by atoms with Gasteiger partial charge in [0.15, 0.2) is 9.84 Å². The average molecular weight is 287 g/mol. The van der Waals surface area contributed by atoms with Crippen LogP contribution in [0.2, 0.25) is 0 Å². The molecule has 1 unspecified atom stereocenters. The number of aryl methyl sites for hydroxylation is 1. The van der Waals surface area contributed by atoms with Gasteiger partial charge < -0.3 is 5.73 Å². The SMILES string of the molecule is Cc1cc(S(=O)(=O)CC2Cc3ccccc32)ccc1N. The highest BCUT2D eigenvalue weighted by Crippen LogP contribution is 2.36. The van der Waals surface area contributed by atoms with Crippen molar-refractivity contribution in [1.29, 1.82) is 0 Å². The Morgan fingerprint density at radius 3 is 2.65 bits per heavy atom. The summed E-state index contributed by atoms with van der Waals surface area (Å²) in [5.74, 6) is 0.293. The molecule has 0 heterocycles. The molecule has 2 N–H and O–H groups in total. The zero-order valence-electron chi connectivity index (χ0n) is 11.3. The van der Waals surface area contributed by atoms with E-state index in [4.69, 9.17) is 5.73 Å². The summed E-state index contributed by atoms with van der Waals surface area (Å²) < 4.78 is 24.9. The van der Waals surface area contributed by atoms with Gasteiger partial charge in [0.1, 0.15) is 0 Å². The van der Waals surface area contributed by atoms with Gasteiger partial charge in [-0.05, 0) is 48.2 Å². The molecule has 0 aromatic heterocycles. The van der Waals surface area contributed by atoms with Crippen LogP contribution in [0.4, 0.5) is 5.69 Å². The summed E-state index contributed by atoms with van der Waals surface area (Å²) in [5.41, 5.74) is 9.60. The fraction of sp³-hybridized carbons (Fsp3) is 0.250. The molecule has 104 valence electrons. The van der Waals surface area contributed by atoms with Crippen molar-refractivity contribution in [2.75, 3.05) is 11.5 Å². The van der Waals surface area contributed by atoms with E-state index in [0.717, 1.165) is 12.0 Å². The fourth-order valence-corrected chi connectivity index (χ4v) is 4.37. The van der Waals surface area contributed by atoms with Gasteiger partial charge in [0, 0.05) is 11.6 Å². The Bertz CT molecular complexity index is 766. The number of anilines is 1. The van der Waals surface area contributed by atoms with E-state index in [-0.39, 0.29) is 11.7 Å². The molecule has 2 aromatic rings. The number of fused-ring (bicyclic) bond motifs is 1. The molecule has 0 fully saturated rings. The van der Waals surface area contributed by atoms with Crippen LogP contribution in [0.3, 0.4) is 0 Å². The normalized spacial score (nSPS) is 17.4. The van der Waals surface area contributed by atoms with Gasteiger partial charge in [0.2, 0.25) is 0 Å². The van der Waals surface area contributed by atoms with Gasteiger partial charge in [0.05, 0.1) is 10.6 Å². The lowest BCUT2D eigenvalue weighted by Crippen LogP contribution is -2.25.